The van der Waals surface area contributed by atoms with E-state index in [2.05, 4.69) is 30.5 Å². The van der Waals surface area contributed by atoms with Gasteiger partial charge in [-0.3, -0.25) is 4.99 Å². The molecule has 1 aliphatic rings. The van der Waals surface area contributed by atoms with Gasteiger partial charge < -0.3 is 24.8 Å². The number of benzene rings is 1. The molecule has 1 atom stereocenters. The van der Waals surface area contributed by atoms with E-state index >= 15 is 0 Å². The van der Waals surface area contributed by atoms with Gasteiger partial charge in [0.1, 0.15) is 5.75 Å². The minimum Gasteiger partial charge on any atom is -0.433 e. The Morgan fingerprint density at radius 1 is 1.41 bits per heavy atom. The molecule has 2 N–H and O–H groups in total. The van der Waals surface area contributed by atoms with Crippen molar-refractivity contribution in [2.75, 3.05) is 31.6 Å². The van der Waals surface area contributed by atoms with Gasteiger partial charge in [-0.1, -0.05) is 17.3 Å². The normalized spacial score (nSPS) is 16.7. The number of ether oxygens (including phenoxy) is 1. The number of para-hydroxylation sites is 2. The molecule has 1 unspecified atom stereocenters. The van der Waals surface area contributed by atoms with Crippen LogP contribution in [0.15, 0.2) is 33.8 Å². The molecule has 2 heterocycles. The molecule has 29 heavy (non-hydrogen) atoms. The lowest BCUT2D eigenvalue weighted by atomic mass is 10.2. The maximum Gasteiger partial charge on any atom is 0.387 e. The maximum absolute atomic E-state index is 12.6. The van der Waals surface area contributed by atoms with Crippen molar-refractivity contribution >= 4 is 35.6 Å². The molecule has 1 aromatic carbocycles. The summed E-state index contributed by atoms with van der Waals surface area (Å²) in [7, 11) is 1.70. The van der Waals surface area contributed by atoms with E-state index in [0.29, 0.717) is 42.9 Å². The Labute approximate surface area is 185 Å². The van der Waals surface area contributed by atoms with Crippen LogP contribution >= 0.6 is 24.0 Å². The Morgan fingerprint density at radius 3 is 2.90 bits per heavy atom. The number of guanidine groups is 1. The molecular formula is C18H25F2IN6O2. The second kappa shape index (κ2) is 11.1. The van der Waals surface area contributed by atoms with Gasteiger partial charge in [-0.25, -0.2) is 0 Å². The van der Waals surface area contributed by atoms with Gasteiger partial charge in [0.15, 0.2) is 11.8 Å². The van der Waals surface area contributed by atoms with Gasteiger partial charge in [0.05, 0.1) is 5.69 Å². The third-order valence-corrected chi connectivity index (χ3v) is 4.38. The molecule has 8 nitrogen and oxygen atoms in total. The minimum atomic E-state index is -2.84. The first-order valence-electron chi connectivity index (χ1n) is 9.10. The van der Waals surface area contributed by atoms with Crippen LogP contribution in [0.25, 0.3) is 0 Å². The van der Waals surface area contributed by atoms with Crippen LogP contribution in [0.3, 0.4) is 0 Å². The average Bonchev–Trinajstić information content (AvgIpc) is 3.30. The van der Waals surface area contributed by atoms with Gasteiger partial charge >= 0.3 is 6.61 Å². The summed E-state index contributed by atoms with van der Waals surface area (Å²) < 4.78 is 35.0. The van der Waals surface area contributed by atoms with Gasteiger partial charge in [-0.15, -0.1) is 24.0 Å². The van der Waals surface area contributed by atoms with Crippen LogP contribution in [-0.2, 0) is 6.42 Å². The van der Waals surface area contributed by atoms with Crippen LogP contribution in [0.4, 0.5) is 14.5 Å². The third-order valence-electron chi connectivity index (χ3n) is 4.38. The molecule has 0 radical (unpaired) electrons. The fourth-order valence-electron chi connectivity index (χ4n) is 3.13. The molecule has 1 fully saturated rings. The van der Waals surface area contributed by atoms with Crippen LogP contribution in [-0.4, -0.2) is 55.4 Å². The molecule has 0 saturated carbocycles. The van der Waals surface area contributed by atoms with Gasteiger partial charge in [-0.05, 0) is 25.5 Å². The Morgan fingerprint density at radius 2 is 2.21 bits per heavy atom. The number of anilines is 1. The predicted molar refractivity (Wildman–Crippen MR) is 116 cm³/mol. The lowest BCUT2D eigenvalue weighted by Gasteiger charge is -2.22. The number of aliphatic imine (C=N–C) groups is 1. The number of alkyl halides is 2. The summed E-state index contributed by atoms with van der Waals surface area (Å²) in [6.07, 6.45) is 1.45. The average molecular weight is 522 g/mol. The second-order valence-electron chi connectivity index (χ2n) is 6.41. The van der Waals surface area contributed by atoms with Crippen molar-refractivity contribution in [3.8, 4) is 5.75 Å². The van der Waals surface area contributed by atoms with Gasteiger partial charge in [-0.2, -0.15) is 13.8 Å². The highest BCUT2D eigenvalue weighted by molar-refractivity contribution is 14.0. The predicted octanol–water partition coefficient (Wildman–Crippen LogP) is 2.58. The zero-order valence-corrected chi connectivity index (χ0v) is 18.6. The van der Waals surface area contributed by atoms with E-state index in [0.717, 1.165) is 13.0 Å². The Bertz CT molecular complexity index is 804. The van der Waals surface area contributed by atoms with Crippen molar-refractivity contribution in [3.63, 3.8) is 0 Å². The number of halogens is 3. The molecule has 160 valence electrons. The van der Waals surface area contributed by atoms with Gasteiger partial charge in [0.25, 0.3) is 0 Å². The van der Waals surface area contributed by atoms with Crippen molar-refractivity contribution < 1.29 is 18.0 Å². The Balaban J connectivity index is 0.00000300. The van der Waals surface area contributed by atoms with Crippen molar-refractivity contribution in [1.82, 2.24) is 20.8 Å². The van der Waals surface area contributed by atoms with E-state index in [-0.39, 0.29) is 35.8 Å². The van der Waals surface area contributed by atoms with Crippen LogP contribution in [0.1, 0.15) is 18.1 Å². The zero-order chi connectivity index (χ0) is 19.9. The van der Waals surface area contributed by atoms with E-state index in [9.17, 15) is 8.78 Å². The summed E-state index contributed by atoms with van der Waals surface area (Å²) in [5.74, 6) is 2.04. The number of rotatable bonds is 7. The molecule has 1 saturated heterocycles. The first-order chi connectivity index (χ1) is 13.5. The van der Waals surface area contributed by atoms with Crippen LogP contribution < -0.4 is 20.3 Å². The van der Waals surface area contributed by atoms with Crippen molar-refractivity contribution in [2.24, 2.45) is 4.99 Å². The first-order valence-corrected chi connectivity index (χ1v) is 9.10. The number of nitrogens with one attached hydrogen (secondary N) is 2. The summed E-state index contributed by atoms with van der Waals surface area (Å²) in [6.45, 7) is 0.926. The largest absolute Gasteiger partial charge is 0.433 e. The summed E-state index contributed by atoms with van der Waals surface area (Å²) in [5.41, 5.74) is 0.668. The fourth-order valence-corrected chi connectivity index (χ4v) is 3.13. The Kier molecular flexibility index (Phi) is 8.86. The summed E-state index contributed by atoms with van der Waals surface area (Å²) in [5, 5.41) is 10.3. The van der Waals surface area contributed by atoms with E-state index in [1.807, 2.05) is 11.0 Å². The number of aromatic nitrogens is 2. The second-order valence-corrected chi connectivity index (χ2v) is 6.41. The molecule has 0 aliphatic carbocycles. The highest BCUT2D eigenvalue weighted by Gasteiger charge is 2.26. The highest BCUT2D eigenvalue weighted by Crippen LogP contribution is 2.31. The maximum atomic E-state index is 12.6. The topological polar surface area (TPSA) is 87.8 Å². The molecule has 11 heteroatoms. The monoisotopic (exact) mass is 522 g/mol. The van der Waals surface area contributed by atoms with Gasteiger partial charge in [0, 0.05) is 39.1 Å². The molecule has 1 aliphatic heterocycles. The molecular weight excluding hydrogens is 497 g/mol. The Hall–Kier alpha value is -2.18. The smallest absolute Gasteiger partial charge is 0.387 e. The zero-order valence-electron chi connectivity index (χ0n) is 16.3. The number of nitrogens with zero attached hydrogens (tertiary/aromatic N) is 4. The molecule has 3 rings (SSSR count). The third kappa shape index (κ3) is 6.68. The molecule has 1 aromatic heterocycles. The van der Waals surface area contributed by atoms with Crippen molar-refractivity contribution in [3.05, 3.63) is 36.0 Å². The lowest BCUT2D eigenvalue weighted by molar-refractivity contribution is -0.0495. The van der Waals surface area contributed by atoms with E-state index in [1.165, 1.54) is 0 Å². The number of hydrogen-bond donors (Lipinski definition) is 2. The van der Waals surface area contributed by atoms with Crippen molar-refractivity contribution in [2.45, 2.75) is 32.4 Å². The van der Waals surface area contributed by atoms with Gasteiger partial charge in [0.2, 0.25) is 5.89 Å². The lowest BCUT2D eigenvalue weighted by Crippen LogP contribution is -2.45. The summed E-state index contributed by atoms with van der Waals surface area (Å²) in [6, 6.07) is 6.98. The number of aryl methyl sites for hydroxylation is 1. The SMILES string of the molecule is CN=C(NCCc1nc(C)no1)NC1CCN(c2ccccc2OC(F)F)C1.I. The fraction of sp³-hybridized carbons (Fsp3) is 0.500. The minimum absolute atomic E-state index is 0. The first kappa shape index (κ1) is 23.1. The van der Waals surface area contributed by atoms with Crippen molar-refractivity contribution in [1.29, 1.82) is 0 Å². The molecule has 0 amide bonds. The summed E-state index contributed by atoms with van der Waals surface area (Å²) in [4.78, 5) is 10.4. The number of hydrogen-bond acceptors (Lipinski definition) is 6. The van der Waals surface area contributed by atoms with E-state index < -0.39 is 6.61 Å². The summed E-state index contributed by atoms with van der Waals surface area (Å²) >= 11 is 0. The standard InChI is InChI=1S/C18H24F2N6O2.HI/c1-12-23-16(28-25-12)7-9-22-18(21-2)24-13-8-10-26(11-13)14-5-3-4-6-15(14)27-17(19)20;/h3-6,13,17H,7-11H2,1-2H3,(H2,21,22,24);1H. The molecule has 2 aromatic rings. The van der Waals surface area contributed by atoms with Crippen LogP contribution in [0.2, 0.25) is 0 Å². The van der Waals surface area contributed by atoms with Crippen LogP contribution in [0.5, 0.6) is 5.75 Å². The van der Waals surface area contributed by atoms with E-state index in [1.54, 1.807) is 32.2 Å². The quantitative estimate of drug-likeness (QED) is 0.329. The molecule has 0 bridgehead atoms. The van der Waals surface area contributed by atoms with E-state index in [4.69, 9.17) is 4.52 Å². The highest BCUT2D eigenvalue weighted by atomic mass is 127. The molecule has 0 spiro atoms. The van der Waals surface area contributed by atoms with Crippen LogP contribution in [0, 0.1) is 6.92 Å².